The first-order valence-electron chi connectivity index (χ1n) is 6.21. The van der Waals surface area contributed by atoms with Crippen molar-refractivity contribution in [3.05, 3.63) is 23.8 Å². The molecule has 2 N–H and O–H groups in total. The molecule has 0 radical (unpaired) electrons. The summed E-state index contributed by atoms with van der Waals surface area (Å²) in [5, 5.41) is 19.2. The second-order valence-electron chi connectivity index (χ2n) is 5.31. The van der Waals surface area contributed by atoms with Crippen LogP contribution in [0.2, 0.25) is 0 Å². The Balaban J connectivity index is 2.15. The Labute approximate surface area is 111 Å². The second kappa shape index (κ2) is 5.09. The molecular weight excluding hydrogens is 248 g/mol. The summed E-state index contributed by atoms with van der Waals surface area (Å²) in [6.07, 6.45) is -0.705. The number of hydrogen-bond donors (Lipinski definition) is 2. The highest BCUT2D eigenvalue weighted by Crippen LogP contribution is 2.36. The molecule has 0 fully saturated rings. The van der Waals surface area contributed by atoms with Gasteiger partial charge in [0.15, 0.2) is 11.5 Å². The Bertz CT molecular complexity index is 481. The Hall–Kier alpha value is -1.75. The average Bonchev–Trinajstić information content (AvgIpc) is 2.37. The maximum Gasteiger partial charge on any atom is 0.309 e. The van der Waals surface area contributed by atoms with Crippen molar-refractivity contribution in [2.24, 2.45) is 5.41 Å². The lowest BCUT2D eigenvalue weighted by Crippen LogP contribution is -2.26. The van der Waals surface area contributed by atoms with Crippen LogP contribution < -0.4 is 9.47 Å². The predicted molar refractivity (Wildman–Crippen MR) is 68.4 cm³/mol. The van der Waals surface area contributed by atoms with Crippen LogP contribution >= 0.6 is 0 Å². The second-order valence-corrected chi connectivity index (χ2v) is 5.31. The van der Waals surface area contributed by atoms with E-state index in [1.165, 1.54) is 0 Å². The van der Waals surface area contributed by atoms with E-state index in [1.54, 1.807) is 32.0 Å². The minimum atomic E-state index is -0.979. The highest BCUT2D eigenvalue weighted by atomic mass is 16.6. The van der Waals surface area contributed by atoms with Gasteiger partial charge in [0.25, 0.3) is 0 Å². The van der Waals surface area contributed by atoms with Gasteiger partial charge in [-0.15, -0.1) is 0 Å². The number of aliphatic hydroxyl groups excluding tert-OH is 1. The summed E-state index contributed by atoms with van der Waals surface area (Å²) < 4.78 is 10.8. The molecule has 1 heterocycles. The van der Waals surface area contributed by atoms with Crippen LogP contribution in [-0.4, -0.2) is 29.4 Å². The molecule has 2 rings (SSSR count). The van der Waals surface area contributed by atoms with Crippen molar-refractivity contribution in [3.8, 4) is 11.5 Å². The topological polar surface area (TPSA) is 76.0 Å². The van der Waals surface area contributed by atoms with Gasteiger partial charge < -0.3 is 19.7 Å². The van der Waals surface area contributed by atoms with Gasteiger partial charge in [-0.2, -0.15) is 0 Å². The quantitative estimate of drug-likeness (QED) is 0.871. The average molecular weight is 266 g/mol. The zero-order valence-electron chi connectivity index (χ0n) is 11.0. The Kier molecular flexibility index (Phi) is 3.66. The van der Waals surface area contributed by atoms with Crippen LogP contribution in [0.15, 0.2) is 18.2 Å². The summed E-state index contributed by atoms with van der Waals surface area (Å²) in [6, 6.07) is 5.17. The maximum atomic E-state index is 11.1. The number of aliphatic hydroxyl groups is 1. The largest absolute Gasteiger partial charge is 0.486 e. The third-order valence-corrected chi connectivity index (χ3v) is 3.23. The molecule has 1 atom stereocenters. The molecule has 1 aliphatic heterocycles. The summed E-state index contributed by atoms with van der Waals surface area (Å²) >= 11 is 0. The first kappa shape index (κ1) is 13.7. The molecule has 1 unspecified atom stereocenters. The summed E-state index contributed by atoms with van der Waals surface area (Å²) in [5.41, 5.74) is -0.342. The van der Waals surface area contributed by atoms with Crippen molar-refractivity contribution in [1.82, 2.24) is 0 Å². The lowest BCUT2D eigenvalue weighted by molar-refractivity contribution is -0.148. The molecule has 0 spiro atoms. The van der Waals surface area contributed by atoms with E-state index in [-0.39, 0.29) is 6.42 Å². The zero-order valence-corrected chi connectivity index (χ0v) is 11.0. The Morgan fingerprint density at radius 3 is 2.58 bits per heavy atom. The zero-order chi connectivity index (χ0) is 14.0. The van der Waals surface area contributed by atoms with Gasteiger partial charge in [0.2, 0.25) is 0 Å². The fraction of sp³-hybridized carbons (Fsp3) is 0.500. The monoisotopic (exact) mass is 266 g/mol. The molecule has 5 heteroatoms. The van der Waals surface area contributed by atoms with E-state index in [0.717, 1.165) is 0 Å². The summed E-state index contributed by atoms with van der Waals surface area (Å²) in [4.78, 5) is 11.1. The molecule has 0 aliphatic carbocycles. The van der Waals surface area contributed by atoms with Crippen LogP contribution in [0.3, 0.4) is 0 Å². The summed E-state index contributed by atoms with van der Waals surface area (Å²) in [5.74, 6) is 0.319. The fourth-order valence-corrected chi connectivity index (χ4v) is 1.96. The maximum absolute atomic E-state index is 11.1. The van der Waals surface area contributed by atoms with Crippen LogP contribution in [0.1, 0.15) is 31.9 Å². The molecule has 1 aromatic rings. The molecule has 0 bridgehead atoms. The summed E-state index contributed by atoms with van der Waals surface area (Å²) in [6.45, 7) is 4.18. The molecule has 0 aromatic heterocycles. The van der Waals surface area contributed by atoms with Crippen molar-refractivity contribution in [2.45, 2.75) is 26.4 Å². The highest BCUT2D eigenvalue weighted by Gasteiger charge is 2.31. The van der Waals surface area contributed by atoms with Crippen molar-refractivity contribution in [1.29, 1.82) is 0 Å². The molecule has 1 aromatic carbocycles. The number of hydrogen-bond acceptors (Lipinski definition) is 4. The Morgan fingerprint density at radius 2 is 1.95 bits per heavy atom. The number of carboxylic acids is 1. The van der Waals surface area contributed by atoms with E-state index in [9.17, 15) is 9.90 Å². The van der Waals surface area contributed by atoms with Crippen LogP contribution in [0, 0.1) is 5.41 Å². The lowest BCUT2D eigenvalue weighted by Gasteiger charge is -2.24. The van der Waals surface area contributed by atoms with Crippen LogP contribution in [0.5, 0.6) is 11.5 Å². The molecular formula is C14H18O5. The van der Waals surface area contributed by atoms with E-state index >= 15 is 0 Å². The van der Waals surface area contributed by atoms with Crippen molar-refractivity contribution in [2.75, 3.05) is 13.2 Å². The van der Waals surface area contributed by atoms with Gasteiger partial charge in [-0.05, 0) is 38.0 Å². The molecule has 0 saturated heterocycles. The third kappa shape index (κ3) is 2.98. The van der Waals surface area contributed by atoms with Gasteiger partial charge in [0.1, 0.15) is 13.2 Å². The van der Waals surface area contributed by atoms with E-state index < -0.39 is 17.5 Å². The van der Waals surface area contributed by atoms with Crippen molar-refractivity contribution < 1.29 is 24.5 Å². The van der Waals surface area contributed by atoms with Crippen LogP contribution in [0.25, 0.3) is 0 Å². The number of rotatable bonds is 4. The number of ether oxygens (including phenoxy) is 2. The molecule has 5 nitrogen and oxygen atoms in total. The smallest absolute Gasteiger partial charge is 0.309 e. The summed E-state index contributed by atoms with van der Waals surface area (Å²) in [7, 11) is 0. The number of benzene rings is 1. The van der Waals surface area contributed by atoms with E-state index in [4.69, 9.17) is 14.6 Å². The molecule has 104 valence electrons. The number of carbonyl (C=O) groups is 1. The van der Waals surface area contributed by atoms with Crippen LogP contribution in [-0.2, 0) is 4.79 Å². The first-order valence-corrected chi connectivity index (χ1v) is 6.21. The van der Waals surface area contributed by atoms with E-state index in [2.05, 4.69) is 0 Å². The normalized spacial score (nSPS) is 15.9. The number of carboxylic acid groups (broad SMARTS) is 1. The minimum Gasteiger partial charge on any atom is -0.486 e. The Morgan fingerprint density at radius 1 is 1.32 bits per heavy atom. The van der Waals surface area contributed by atoms with Crippen LogP contribution in [0.4, 0.5) is 0 Å². The van der Waals surface area contributed by atoms with Gasteiger partial charge in [0, 0.05) is 0 Å². The minimum absolute atomic E-state index is 0.141. The third-order valence-electron chi connectivity index (χ3n) is 3.23. The molecule has 0 amide bonds. The van der Waals surface area contributed by atoms with E-state index in [1.807, 2.05) is 0 Å². The molecule has 0 saturated carbocycles. The predicted octanol–water partition coefficient (Wildman–Crippen LogP) is 1.99. The lowest BCUT2D eigenvalue weighted by atomic mass is 9.85. The van der Waals surface area contributed by atoms with E-state index in [0.29, 0.717) is 30.3 Å². The van der Waals surface area contributed by atoms with Crippen molar-refractivity contribution in [3.63, 3.8) is 0 Å². The fourth-order valence-electron chi connectivity index (χ4n) is 1.96. The number of aliphatic carboxylic acids is 1. The van der Waals surface area contributed by atoms with Gasteiger partial charge >= 0.3 is 5.97 Å². The van der Waals surface area contributed by atoms with Gasteiger partial charge in [-0.1, -0.05) is 6.07 Å². The van der Waals surface area contributed by atoms with Crippen molar-refractivity contribution >= 4 is 5.97 Å². The first-order chi connectivity index (χ1) is 8.90. The molecule has 1 aliphatic rings. The SMILES string of the molecule is CC(C)(CC(O)c1ccc2c(c1)OCCO2)C(=O)O. The standard InChI is InChI=1S/C14H18O5/c1-14(2,13(16)17)8-10(15)9-3-4-11-12(7-9)19-6-5-18-11/h3-4,7,10,15H,5-6,8H2,1-2H3,(H,16,17). The highest BCUT2D eigenvalue weighted by molar-refractivity contribution is 5.73. The number of fused-ring (bicyclic) bond motifs is 1. The van der Waals surface area contributed by atoms with Gasteiger partial charge in [-0.3, -0.25) is 4.79 Å². The van der Waals surface area contributed by atoms with Gasteiger partial charge in [0.05, 0.1) is 11.5 Å². The van der Waals surface area contributed by atoms with Gasteiger partial charge in [-0.25, -0.2) is 0 Å². The molecule has 19 heavy (non-hydrogen) atoms.